The molecule has 2 aromatic rings. The fourth-order valence-corrected chi connectivity index (χ4v) is 2.77. The van der Waals surface area contributed by atoms with Crippen molar-refractivity contribution in [2.75, 3.05) is 5.32 Å². The van der Waals surface area contributed by atoms with Crippen molar-refractivity contribution < 1.29 is 17.9 Å². The van der Waals surface area contributed by atoms with E-state index in [1.807, 2.05) is 26.0 Å². The Hall–Kier alpha value is -1.27. The van der Waals surface area contributed by atoms with Crippen LogP contribution in [0.2, 0.25) is 5.02 Å². The van der Waals surface area contributed by atoms with Crippen molar-refractivity contribution in [3.63, 3.8) is 0 Å². The molecule has 0 aliphatic rings. The highest BCUT2D eigenvalue weighted by Gasteiger charge is 2.18. The maximum atomic E-state index is 12.5. The van der Waals surface area contributed by atoms with Crippen LogP contribution < -0.4 is 10.1 Å². The molecular weight excluding hydrogens is 368 g/mol. The van der Waals surface area contributed by atoms with Gasteiger partial charge in [0.1, 0.15) is 11.5 Å². The number of nitrogens with one attached hydrogen (secondary N) is 1. The number of benzene rings is 1. The highest BCUT2D eigenvalue weighted by Crippen LogP contribution is 2.39. The molecule has 1 unspecified atom stereocenters. The highest BCUT2D eigenvalue weighted by molar-refractivity contribution is 9.10. The van der Waals surface area contributed by atoms with Crippen LogP contribution in [0.1, 0.15) is 24.5 Å². The van der Waals surface area contributed by atoms with Gasteiger partial charge in [-0.05, 0) is 54.0 Å². The third-order valence-electron chi connectivity index (χ3n) is 2.78. The predicted molar refractivity (Wildman–Crippen MR) is 81.3 cm³/mol. The minimum Gasteiger partial charge on any atom is -0.464 e. The fraction of sp³-hybridized carbons (Fsp3) is 0.286. The Labute approximate surface area is 134 Å². The van der Waals surface area contributed by atoms with Gasteiger partial charge in [0.15, 0.2) is 5.75 Å². The number of alkyl halides is 2. The summed E-state index contributed by atoms with van der Waals surface area (Å²) in [4.78, 5) is 0. The first-order valence-corrected chi connectivity index (χ1v) is 7.30. The van der Waals surface area contributed by atoms with Gasteiger partial charge in [0.05, 0.1) is 16.2 Å². The molecule has 0 bridgehead atoms. The molecule has 21 heavy (non-hydrogen) atoms. The Balaban J connectivity index is 2.29. The van der Waals surface area contributed by atoms with Crippen molar-refractivity contribution in [2.24, 2.45) is 0 Å². The van der Waals surface area contributed by atoms with Crippen molar-refractivity contribution in [1.82, 2.24) is 0 Å². The molecule has 1 atom stereocenters. The average Bonchev–Trinajstić information content (AvgIpc) is 2.80. The Morgan fingerprint density at radius 1 is 1.33 bits per heavy atom. The van der Waals surface area contributed by atoms with Crippen LogP contribution in [0, 0.1) is 6.92 Å². The second-order valence-electron chi connectivity index (χ2n) is 4.46. The second kappa shape index (κ2) is 6.66. The number of aryl methyl sites for hydroxylation is 1. The molecule has 0 saturated heterocycles. The van der Waals surface area contributed by atoms with Gasteiger partial charge in [0, 0.05) is 5.02 Å². The van der Waals surface area contributed by atoms with Gasteiger partial charge in [-0.15, -0.1) is 0 Å². The summed E-state index contributed by atoms with van der Waals surface area (Å²) in [6.45, 7) is 0.751. The molecule has 1 aromatic carbocycles. The van der Waals surface area contributed by atoms with E-state index in [1.165, 1.54) is 12.1 Å². The number of hydrogen-bond donors (Lipinski definition) is 1. The van der Waals surface area contributed by atoms with Crippen molar-refractivity contribution in [3.05, 3.63) is 45.3 Å². The summed E-state index contributed by atoms with van der Waals surface area (Å²) < 4.78 is 35.4. The largest absolute Gasteiger partial charge is 0.464 e. The van der Waals surface area contributed by atoms with Crippen LogP contribution in [0.25, 0.3) is 0 Å². The molecule has 0 amide bonds. The predicted octanol–water partition coefficient (Wildman–Crippen LogP) is 5.78. The molecule has 114 valence electrons. The summed E-state index contributed by atoms with van der Waals surface area (Å²) in [6.07, 6.45) is 0. The zero-order valence-electron chi connectivity index (χ0n) is 11.3. The maximum Gasteiger partial charge on any atom is 0.387 e. The first kappa shape index (κ1) is 16.1. The van der Waals surface area contributed by atoms with Crippen LogP contribution in [0.15, 0.2) is 33.2 Å². The smallest absolute Gasteiger partial charge is 0.387 e. The standard InChI is InChI=1S/C14H13BrClF2NO2/c1-7-3-4-12(20-7)8(2)19-11-6-9(16)5-10(15)13(11)21-14(17)18/h3-6,8,14,19H,1-2H3. The van der Waals surface area contributed by atoms with E-state index < -0.39 is 6.61 Å². The zero-order chi connectivity index (χ0) is 15.6. The molecule has 0 aliphatic heterocycles. The average molecular weight is 381 g/mol. The number of anilines is 1. The minimum atomic E-state index is -2.93. The molecule has 0 radical (unpaired) electrons. The third-order valence-corrected chi connectivity index (χ3v) is 3.58. The molecule has 0 saturated carbocycles. The van der Waals surface area contributed by atoms with Crippen LogP contribution in [-0.2, 0) is 0 Å². The lowest BCUT2D eigenvalue weighted by atomic mass is 10.2. The van der Waals surface area contributed by atoms with Gasteiger partial charge in [-0.3, -0.25) is 0 Å². The molecule has 7 heteroatoms. The van der Waals surface area contributed by atoms with Crippen LogP contribution in [-0.4, -0.2) is 6.61 Å². The van der Waals surface area contributed by atoms with Crippen LogP contribution >= 0.6 is 27.5 Å². The van der Waals surface area contributed by atoms with Crippen molar-refractivity contribution in [1.29, 1.82) is 0 Å². The van der Waals surface area contributed by atoms with E-state index in [1.54, 1.807) is 0 Å². The lowest BCUT2D eigenvalue weighted by molar-refractivity contribution is -0.0498. The number of furan rings is 1. The monoisotopic (exact) mass is 379 g/mol. The number of halogens is 4. The fourth-order valence-electron chi connectivity index (χ4n) is 1.87. The van der Waals surface area contributed by atoms with E-state index in [-0.39, 0.29) is 11.8 Å². The van der Waals surface area contributed by atoms with Gasteiger partial charge in [0.25, 0.3) is 0 Å². The number of rotatable bonds is 5. The molecule has 2 rings (SSSR count). The van der Waals surface area contributed by atoms with E-state index in [0.29, 0.717) is 20.9 Å². The molecule has 0 aliphatic carbocycles. The maximum absolute atomic E-state index is 12.5. The van der Waals surface area contributed by atoms with Crippen LogP contribution in [0.3, 0.4) is 0 Å². The van der Waals surface area contributed by atoms with Crippen molar-refractivity contribution in [3.8, 4) is 5.75 Å². The molecule has 1 heterocycles. The molecule has 0 spiro atoms. The third kappa shape index (κ3) is 4.11. The lowest BCUT2D eigenvalue weighted by Gasteiger charge is -2.18. The van der Waals surface area contributed by atoms with E-state index >= 15 is 0 Å². The highest BCUT2D eigenvalue weighted by atomic mass is 79.9. The Morgan fingerprint density at radius 3 is 2.62 bits per heavy atom. The first-order chi connectivity index (χ1) is 9.86. The van der Waals surface area contributed by atoms with Gasteiger partial charge in [-0.2, -0.15) is 8.78 Å². The summed E-state index contributed by atoms with van der Waals surface area (Å²) in [6, 6.07) is 6.44. The van der Waals surface area contributed by atoms with Gasteiger partial charge in [-0.25, -0.2) is 0 Å². The van der Waals surface area contributed by atoms with Gasteiger partial charge in [0.2, 0.25) is 0 Å². The number of hydrogen-bond acceptors (Lipinski definition) is 3. The topological polar surface area (TPSA) is 34.4 Å². The van der Waals surface area contributed by atoms with Gasteiger partial charge in [-0.1, -0.05) is 11.6 Å². The van der Waals surface area contributed by atoms with Crippen molar-refractivity contribution >= 4 is 33.2 Å². The van der Waals surface area contributed by atoms with E-state index in [4.69, 9.17) is 16.0 Å². The summed E-state index contributed by atoms with van der Waals surface area (Å²) >= 11 is 9.13. The molecule has 3 nitrogen and oxygen atoms in total. The van der Waals surface area contributed by atoms with Gasteiger partial charge >= 0.3 is 6.61 Å². The summed E-state index contributed by atoms with van der Waals surface area (Å²) in [5, 5.41) is 3.46. The summed E-state index contributed by atoms with van der Waals surface area (Å²) in [5.41, 5.74) is 0.358. The quantitative estimate of drug-likeness (QED) is 0.714. The van der Waals surface area contributed by atoms with E-state index in [0.717, 1.165) is 5.76 Å². The first-order valence-electron chi connectivity index (χ1n) is 6.13. The number of ether oxygens (including phenoxy) is 1. The zero-order valence-corrected chi connectivity index (χ0v) is 13.6. The Kier molecular flexibility index (Phi) is 5.11. The Bertz CT molecular complexity index is 633. The summed E-state index contributed by atoms with van der Waals surface area (Å²) in [7, 11) is 0. The normalized spacial score (nSPS) is 12.5. The van der Waals surface area contributed by atoms with E-state index in [2.05, 4.69) is 26.0 Å². The lowest BCUT2D eigenvalue weighted by Crippen LogP contribution is -2.10. The summed E-state index contributed by atoms with van der Waals surface area (Å²) in [5.74, 6) is 1.46. The molecular formula is C14H13BrClF2NO2. The molecule has 0 fully saturated rings. The van der Waals surface area contributed by atoms with E-state index in [9.17, 15) is 8.78 Å². The SMILES string of the molecule is Cc1ccc(C(C)Nc2cc(Cl)cc(Br)c2OC(F)F)o1. The second-order valence-corrected chi connectivity index (χ2v) is 5.75. The minimum absolute atomic E-state index is 0.00419. The van der Waals surface area contributed by atoms with Crippen LogP contribution in [0.5, 0.6) is 5.75 Å². The van der Waals surface area contributed by atoms with Gasteiger partial charge < -0.3 is 14.5 Å². The Morgan fingerprint density at radius 2 is 2.05 bits per heavy atom. The molecule has 1 aromatic heterocycles. The van der Waals surface area contributed by atoms with Crippen LogP contribution in [0.4, 0.5) is 14.5 Å². The molecule has 1 N–H and O–H groups in total. The van der Waals surface area contributed by atoms with Crippen molar-refractivity contribution in [2.45, 2.75) is 26.5 Å².